The topological polar surface area (TPSA) is 53.8 Å². The minimum atomic E-state index is 0.127. The zero-order chi connectivity index (χ0) is 17.6. The number of fused-ring (bicyclic) bond motifs is 1. The highest BCUT2D eigenvalue weighted by Crippen LogP contribution is 2.28. The van der Waals surface area contributed by atoms with E-state index in [2.05, 4.69) is 45.0 Å². The molecule has 5 heteroatoms. The van der Waals surface area contributed by atoms with Crippen molar-refractivity contribution >= 4 is 27.7 Å². The van der Waals surface area contributed by atoms with Crippen molar-refractivity contribution in [2.24, 2.45) is 4.99 Å². The molecule has 0 amide bonds. The molecule has 2 N–H and O–H groups in total. The number of ether oxygens (including phenoxy) is 1. The first-order chi connectivity index (χ1) is 12.2. The van der Waals surface area contributed by atoms with Gasteiger partial charge < -0.3 is 15.2 Å². The van der Waals surface area contributed by atoms with Gasteiger partial charge in [-0.1, -0.05) is 40.7 Å². The van der Waals surface area contributed by atoms with Crippen molar-refractivity contribution in [3.05, 3.63) is 76.4 Å². The molecule has 1 aliphatic rings. The summed E-state index contributed by atoms with van der Waals surface area (Å²) >= 11 is 3.52. The number of aliphatic imine (C=N–C) groups is 1. The molecular weight excluding hydrogens is 380 g/mol. The van der Waals surface area contributed by atoms with Crippen molar-refractivity contribution in [2.45, 2.75) is 13.1 Å². The Balaban J connectivity index is 1.68. The fourth-order valence-electron chi connectivity index (χ4n) is 2.60. The molecule has 0 radical (unpaired) electrons. The van der Waals surface area contributed by atoms with Crippen LogP contribution in [0.5, 0.6) is 11.5 Å². The Hall–Kier alpha value is -2.53. The second kappa shape index (κ2) is 8.03. The molecule has 3 rings (SSSR count). The van der Waals surface area contributed by atoms with Crippen LogP contribution in [0.4, 0.5) is 0 Å². The number of hydrogen-bond acceptors (Lipinski definition) is 4. The Morgan fingerprint density at radius 1 is 1.28 bits per heavy atom. The number of aromatic hydroxyl groups is 1. The van der Waals surface area contributed by atoms with Crippen molar-refractivity contribution in [3.63, 3.8) is 0 Å². The zero-order valence-corrected chi connectivity index (χ0v) is 15.3. The predicted octanol–water partition coefficient (Wildman–Crippen LogP) is 4.43. The van der Waals surface area contributed by atoms with Gasteiger partial charge in [0.2, 0.25) is 0 Å². The molecule has 2 aromatic rings. The van der Waals surface area contributed by atoms with Gasteiger partial charge >= 0.3 is 0 Å². The van der Waals surface area contributed by atoms with E-state index in [1.807, 2.05) is 24.5 Å². The maximum atomic E-state index is 10.00. The molecule has 0 saturated carbocycles. The second-order valence-electron chi connectivity index (χ2n) is 5.65. The smallest absolute Gasteiger partial charge is 0.161 e. The fourth-order valence-corrected chi connectivity index (χ4v) is 2.97. The van der Waals surface area contributed by atoms with Gasteiger partial charge in [0, 0.05) is 29.0 Å². The third-order valence-electron chi connectivity index (χ3n) is 3.82. The number of rotatable bonds is 6. The number of phenols is 1. The first-order valence-corrected chi connectivity index (χ1v) is 8.74. The highest BCUT2D eigenvalue weighted by molar-refractivity contribution is 9.10. The normalized spacial score (nSPS) is 14.2. The van der Waals surface area contributed by atoms with Gasteiger partial charge in [-0.2, -0.15) is 0 Å². The van der Waals surface area contributed by atoms with E-state index in [4.69, 9.17) is 4.74 Å². The average molecular weight is 399 g/mol. The average Bonchev–Trinajstić information content (AvgIpc) is 2.61. The Morgan fingerprint density at radius 3 is 2.96 bits per heavy atom. The van der Waals surface area contributed by atoms with Gasteiger partial charge in [-0.25, -0.2) is 0 Å². The van der Waals surface area contributed by atoms with Gasteiger partial charge in [0.15, 0.2) is 11.5 Å². The maximum Gasteiger partial charge on any atom is 0.161 e. The number of allylic oxidation sites excluding steroid dienone is 1. The number of hydrogen-bond donors (Lipinski definition) is 2. The lowest BCUT2D eigenvalue weighted by Crippen LogP contribution is -2.09. The van der Waals surface area contributed by atoms with Gasteiger partial charge in [-0.15, -0.1) is 0 Å². The molecule has 4 nitrogen and oxygen atoms in total. The molecule has 0 spiro atoms. The summed E-state index contributed by atoms with van der Waals surface area (Å²) in [5.74, 6) is 0.586. The van der Waals surface area contributed by atoms with E-state index < -0.39 is 0 Å². The van der Waals surface area contributed by atoms with Crippen LogP contribution in [0.15, 0.2) is 64.7 Å². The summed E-state index contributed by atoms with van der Waals surface area (Å²) in [4.78, 5) is 4.40. The Bertz CT molecular complexity index is 844. The second-order valence-corrected chi connectivity index (χ2v) is 6.57. The van der Waals surface area contributed by atoms with Crippen LogP contribution < -0.4 is 10.1 Å². The van der Waals surface area contributed by atoms with E-state index in [1.54, 1.807) is 18.2 Å². The van der Waals surface area contributed by atoms with E-state index >= 15 is 0 Å². The monoisotopic (exact) mass is 398 g/mol. The van der Waals surface area contributed by atoms with Crippen molar-refractivity contribution in [1.82, 2.24) is 5.32 Å². The minimum absolute atomic E-state index is 0.127. The van der Waals surface area contributed by atoms with Gasteiger partial charge in [0.1, 0.15) is 6.61 Å². The summed E-state index contributed by atoms with van der Waals surface area (Å²) in [6.45, 7) is 5.26. The summed E-state index contributed by atoms with van der Waals surface area (Å²) in [6, 6.07) is 11.6. The van der Waals surface area contributed by atoms with Gasteiger partial charge in [0.05, 0.1) is 6.54 Å². The molecule has 0 atom stereocenters. The molecule has 1 aliphatic heterocycles. The summed E-state index contributed by atoms with van der Waals surface area (Å²) in [5.41, 5.74) is 4.38. The van der Waals surface area contributed by atoms with Gasteiger partial charge in [-0.05, 0) is 41.0 Å². The van der Waals surface area contributed by atoms with Crippen LogP contribution in [0.25, 0.3) is 5.57 Å². The van der Waals surface area contributed by atoms with Crippen LogP contribution in [0, 0.1) is 0 Å². The summed E-state index contributed by atoms with van der Waals surface area (Å²) in [6.07, 6.45) is 5.47. The summed E-state index contributed by atoms with van der Waals surface area (Å²) < 4.78 is 6.42. The van der Waals surface area contributed by atoms with Crippen molar-refractivity contribution in [1.29, 1.82) is 0 Å². The van der Waals surface area contributed by atoms with E-state index in [9.17, 15) is 5.11 Å². The quantitative estimate of drug-likeness (QED) is 0.707. The fraction of sp³-hybridized carbons (Fsp3) is 0.150. The third kappa shape index (κ3) is 4.31. The predicted molar refractivity (Wildman–Crippen MR) is 105 cm³/mol. The highest BCUT2D eigenvalue weighted by Gasteiger charge is 2.11. The first kappa shape index (κ1) is 17.3. The van der Waals surface area contributed by atoms with E-state index in [0.717, 1.165) is 15.6 Å². The lowest BCUT2D eigenvalue weighted by molar-refractivity contribution is 0.336. The number of nitrogens with zero attached hydrogens (tertiary/aromatic N) is 1. The first-order valence-electron chi connectivity index (χ1n) is 7.95. The molecule has 0 unspecified atom stereocenters. The molecule has 128 valence electrons. The minimum Gasteiger partial charge on any atom is -0.504 e. The number of halogens is 1. The molecule has 0 fully saturated rings. The molecule has 0 aliphatic carbocycles. The van der Waals surface area contributed by atoms with Crippen LogP contribution in [-0.2, 0) is 13.1 Å². The maximum absolute atomic E-state index is 10.00. The zero-order valence-electron chi connectivity index (χ0n) is 13.7. The Morgan fingerprint density at radius 2 is 2.16 bits per heavy atom. The SMILES string of the molecule is C=CCOc1ccc(CNC=C2C=NCc3ccc(Br)cc32)cc1O. The molecule has 0 saturated heterocycles. The van der Waals surface area contributed by atoms with Crippen LogP contribution in [0.3, 0.4) is 0 Å². The molecule has 2 aromatic carbocycles. The lowest BCUT2D eigenvalue weighted by Gasteiger charge is -2.14. The number of nitrogens with one attached hydrogen (secondary N) is 1. The van der Waals surface area contributed by atoms with E-state index in [-0.39, 0.29) is 5.75 Å². The molecule has 0 bridgehead atoms. The van der Waals surface area contributed by atoms with Crippen LogP contribution in [-0.4, -0.2) is 17.9 Å². The third-order valence-corrected chi connectivity index (χ3v) is 4.31. The van der Waals surface area contributed by atoms with Crippen LogP contribution in [0.2, 0.25) is 0 Å². The molecule has 1 heterocycles. The van der Waals surface area contributed by atoms with Crippen molar-refractivity contribution < 1.29 is 9.84 Å². The summed E-state index contributed by atoms with van der Waals surface area (Å²) in [7, 11) is 0. The summed E-state index contributed by atoms with van der Waals surface area (Å²) in [5, 5.41) is 13.3. The number of benzene rings is 2. The van der Waals surface area contributed by atoms with Gasteiger partial charge in [0.25, 0.3) is 0 Å². The lowest BCUT2D eigenvalue weighted by atomic mass is 9.99. The van der Waals surface area contributed by atoms with Crippen molar-refractivity contribution in [2.75, 3.05) is 6.61 Å². The largest absolute Gasteiger partial charge is 0.504 e. The molecule has 0 aromatic heterocycles. The van der Waals surface area contributed by atoms with E-state index in [0.29, 0.717) is 25.4 Å². The molecular formula is C20H19BrN2O2. The Labute approximate surface area is 155 Å². The van der Waals surface area contributed by atoms with Crippen LogP contribution >= 0.6 is 15.9 Å². The van der Waals surface area contributed by atoms with Crippen LogP contribution in [0.1, 0.15) is 16.7 Å². The van der Waals surface area contributed by atoms with E-state index in [1.165, 1.54) is 11.1 Å². The van der Waals surface area contributed by atoms with Gasteiger partial charge in [-0.3, -0.25) is 4.99 Å². The molecule has 25 heavy (non-hydrogen) atoms. The standard InChI is InChI=1S/C20H19BrN2O2/c1-2-7-25-20-6-3-14(8-19(20)24)10-22-12-16-13-23-11-15-4-5-17(21)9-18(15)16/h2-6,8-9,12-13,22,24H,1,7,10-11H2. The Kier molecular flexibility index (Phi) is 5.56. The van der Waals surface area contributed by atoms with Crippen molar-refractivity contribution in [3.8, 4) is 11.5 Å². The number of phenolic OH excluding ortho intramolecular Hbond substituents is 1. The highest BCUT2D eigenvalue weighted by atomic mass is 79.9.